The van der Waals surface area contributed by atoms with E-state index in [0.717, 1.165) is 24.5 Å². The quantitative estimate of drug-likeness (QED) is 0.634. The minimum absolute atomic E-state index is 0.700. The second kappa shape index (κ2) is 9.32. The Morgan fingerprint density at radius 2 is 1.89 bits per heavy atom. The van der Waals surface area contributed by atoms with Crippen LogP contribution in [0.25, 0.3) is 0 Å². The van der Waals surface area contributed by atoms with Gasteiger partial charge in [0.05, 0.1) is 6.61 Å². The molecule has 18 heavy (non-hydrogen) atoms. The van der Waals surface area contributed by atoms with Crippen molar-refractivity contribution in [1.29, 1.82) is 0 Å². The van der Waals surface area contributed by atoms with Crippen molar-refractivity contribution >= 4 is 12.6 Å². The van der Waals surface area contributed by atoms with Gasteiger partial charge in [-0.15, -0.1) is 0 Å². The van der Waals surface area contributed by atoms with Gasteiger partial charge in [-0.3, -0.25) is 0 Å². The topological polar surface area (TPSA) is 9.23 Å². The molecular weight excluding hydrogens is 240 g/mol. The fourth-order valence-electron chi connectivity index (χ4n) is 1.88. The van der Waals surface area contributed by atoms with Gasteiger partial charge in [0.15, 0.2) is 0 Å². The van der Waals surface area contributed by atoms with Crippen LogP contribution in [-0.2, 0) is 6.42 Å². The van der Waals surface area contributed by atoms with Crippen molar-refractivity contribution in [2.24, 2.45) is 5.92 Å². The van der Waals surface area contributed by atoms with Crippen LogP contribution in [-0.4, -0.2) is 12.4 Å². The Kier molecular flexibility index (Phi) is 7.99. The summed E-state index contributed by atoms with van der Waals surface area (Å²) in [5.41, 5.74) is 1.41. The molecule has 1 atom stereocenters. The second-order valence-corrected chi connectivity index (χ2v) is 5.45. The number of aryl methyl sites for hydroxylation is 1. The highest BCUT2D eigenvalue weighted by atomic mass is 32.1. The number of thiol groups is 1. The maximum atomic E-state index is 5.76. The second-order valence-electron chi connectivity index (χ2n) is 5.00. The van der Waals surface area contributed by atoms with E-state index in [4.69, 9.17) is 4.74 Å². The molecule has 0 bridgehead atoms. The molecule has 0 spiro atoms. The standard InChI is InChI=1S/C16H26OS/c1-3-4-5-15-6-8-16(9-7-15)17-12-10-14(2)11-13-18/h6-9,14,18H,3-5,10-13H2,1-2H3. The third-order valence-electron chi connectivity index (χ3n) is 3.24. The summed E-state index contributed by atoms with van der Waals surface area (Å²) >= 11 is 4.25. The van der Waals surface area contributed by atoms with E-state index in [1.54, 1.807) is 0 Å². The fraction of sp³-hybridized carbons (Fsp3) is 0.625. The van der Waals surface area contributed by atoms with Crippen molar-refractivity contribution < 1.29 is 4.74 Å². The number of hydrogen-bond acceptors (Lipinski definition) is 2. The molecule has 1 rings (SSSR count). The van der Waals surface area contributed by atoms with Crippen molar-refractivity contribution in [3.63, 3.8) is 0 Å². The summed E-state index contributed by atoms with van der Waals surface area (Å²) in [7, 11) is 0. The van der Waals surface area contributed by atoms with Gasteiger partial charge in [0.2, 0.25) is 0 Å². The molecule has 0 saturated carbocycles. The first-order chi connectivity index (χ1) is 8.76. The number of rotatable bonds is 9. The van der Waals surface area contributed by atoms with Gasteiger partial charge >= 0.3 is 0 Å². The van der Waals surface area contributed by atoms with Gasteiger partial charge < -0.3 is 4.74 Å². The molecule has 1 aromatic carbocycles. The van der Waals surface area contributed by atoms with Crippen LogP contribution in [0.15, 0.2) is 24.3 Å². The van der Waals surface area contributed by atoms with Gasteiger partial charge in [-0.1, -0.05) is 32.4 Å². The van der Waals surface area contributed by atoms with Crippen molar-refractivity contribution in [2.45, 2.75) is 46.0 Å². The summed E-state index contributed by atoms with van der Waals surface area (Å²) in [6.07, 6.45) is 5.97. The predicted molar refractivity (Wildman–Crippen MR) is 82.8 cm³/mol. The summed E-state index contributed by atoms with van der Waals surface area (Å²) < 4.78 is 5.76. The van der Waals surface area contributed by atoms with Gasteiger partial charge in [-0.05, 0) is 55.1 Å². The van der Waals surface area contributed by atoms with Gasteiger partial charge in [-0.2, -0.15) is 12.6 Å². The Morgan fingerprint density at radius 3 is 2.50 bits per heavy atom. The van der Waals surface area contributed by atoms with Crippen LogP contribution in [0.3, 0.4) is 0 Å². The lowest BCUT2D eigenvalue weighted by Crippen LogP contribution is -2.04. The zero-order chi connectivity index (χ0) is 13.2. The number of hydrogen-bond donors (Lipinski definition) is 1. The van der Waals surface area contributed by atoms with E-state index in [1.165, 1.54) is 31.2 Å². The van der Waals surface area contributed by atoms with E-state index in [1.807, 2.05) is 0 Å². The molecule has 0 radical (unpaired) electrons. The molecule has 1 nitrogen and oxygen atoms in total. The predicted octanol–water partition coefficient (Wildman–Crippen LogP) is 4.75. The normalized spacial score (nSPS) is 12.4. The van der Waals surface area contributed by atoms with Crippen LogP contribution in [0.4, 0.5) is 0 Å². The molecule has 0 N–H and O–H groups in total. The molecule has 0 aliphatic rings. The highest BCUT2D eigenvalue weighted by Crippen LogP contribution is 2.15. The Labute approximate surface area is 117 Å². The van der Waals surface area contributed by atoms with Crippen molar-refractivity contribution in [3.8, 4) is 5.75 Å². The van der Waals surface area contributed by atoms with E-state index >= 15 is 0 Å². The molecule has 1 aromatic rings. The lowest BCUT2D eigenvalue weighted by atomic mass is 10.1. The molecular formula is C16H26OS. The van der Waals surface area contributed by atoms with E-state index in [0.29, 0.717) is 5.92 Å². The van der Waals surface area contributed by atoms with E-state index in [-0.39, 0.29) is 0 Å². The highest BCUT2D eigenvalue weighted by molar-refractivity contribution is 7.80. The Balaban J connectivity index is 2.26. The monoisotopic (exact) mass is 266 g/mol. The van der Waals surface area contributed by atoms with Crippen LogP contribution in [0.5, 0.6) is 5.75 Å². The minimum Gasteiger partial charge on any atom is -0.494 e. The summed E-state index contributed by atoms with van der Waals surface area (Å²) in [6.45, 7) is 5.29. The lowest BCUT2D eigenvalue weighted by molar-refractivity contribution is 0.282. The van der Waals surface area contributed by atoms with Gasteiger partial charge in [0, 0.05) is 0 Å². The zero-order valence-corrected chi connectivity index (χ0v) is 12.6. The van der Waals surface area contributed by atoms with Gasteiger partial charge in [0.1, 0.15) is 5.75 Å². The maximum Gasteiger partial charge on any atom is 0.119 e. The molecule has 0 aromatic heterocycles. The first kappa shape index (κ1) is 15.4. The first-order valence-electron chi connectivity index (χ1n) is 7.08. The SMILES string of the molecule is CCCCc1ccc(OCCC(C)CCS)cc1. The maximum absolute atomic E-state index is 5.76. The zero-order valence-electron chi connectivity index (χ0n) is 11.7. The molecule has 0 heterocycles. The molecule has 0 saturated heterocycles. The third kappa shape index (κ3) is 6.34. The van der Waals surface area contributed by atoms with Gasteiger partial charge in [0.25, 0.3) is 0 Å². The van der Waals surface area contributed by atoms with Crippen molar-refractivity contribution in [1.82, 2.24) is 0 Å². The fourth-order valence-corrected chi connectivity index (χ4v) is 2.32. The minimum atomic E-state index is 0.700. The lowest BCUT2D eigenvalue weighted by Gasteiger charge is -2.11. The van der Waals surface area contributed by atoms with Crippen LogP contribution in [0.2, 0.25) is 0 Å². The first-order valence-corrected chi connectivity index (χ1v) is 7.72. The van der Waals surface area contributed by atoms with Crippen LogP contribution < -0.4 is 4.74 Å². The smallest absolute Gasteiger partial charge is 0.119 e. The summed E-state index contributed by atoms with van der Waals surface area (Å²) in [5.74, 6) is 2.66. The van der Waals surface area contributed by atoms with Gasteiger partial charge in [-0.25, -0.2) is 0 Å². The van der Waals surface area contributed by atoms with E-state index in [9.17, 15) is 0 Å². The van der Waals surface area contributed by atoms with E-state index < -0.39 is 0 Å². The number of ether oxygens (including phenoxy) is 1. The van der Waals surface area contributed by atoms with Crippen LogP contribution in [0.1, 0.15) is 45.1 Å². The molecule has 0 aliphatic heterocycles. The average molecular weight is 266 g/mol. The summed E-state index contributed by atoms with van der Waals surface area (Å²) in [6, 6.07) is 8.55. The molecule has 102 valence electrons. The third-order valence-corrected chi connectivity index (χ3v) is 3.50. The Hall–Kier alpha value is -0.630. The molecule has 0 fully saturated rings. The van der Waals surface area contributed by atoms with E-state index in [2.05, 4.69) is 50.7 Å². The number of benzene rings is 1. The largest absolute Gasteiger partial charge is 0.494 e. The van der Waals surface area contributed by atoms with Crippen LogP contribution >= 0.6 is 12.6 Å². The summed E-state index contributed by atoms with van der Waals surface area (Å²) in [4.78, 5) is 0. The van der Waals surface area contributed by atoms with Crippen molar-refractivity contribution in [3.05, 3.63) is 29.8 Å². The highest BCUT2D eigenvalue weighted by Gasteiger charge is 2.01. The average Bonchev–Trinajstić information content (AvgIpc) is 2.38. The number of unbranched alkanes of at least 4 members (excludes halogenated alkanes) is 1. The molecule has 0 amide bonds. The molecule has 1 unspecified atom stereocenters. The van der Waals surface area contributed by atoms with Crippen LogP contribution in [0, 0.1) is 5.92 Å². The molecule has 0 aliphatic carbocycles. The summed E-state index contributed by atoms with van der Waals surface area (Å²) in [5, 5.41) is 0. The van der Waals surface area contributed by atoms with Crippen molar-refractivity contribution in [2.75, 3.05) is 12.4 Å². The Bertz CT molecular complexity index is 307. The Morgan fingerprint density at radius 1 is 1.17 bits per heavy atom. The molecule has 2 heteroatoms.